The first-order valence-electron chi connectivity index (χ1n) is 5.46. The third kappa shape index (κ3) is 3.17. The zero-order valence-corrected chi connectivity index (χ0v) is 10.4. The Balaban J connectivity index is 2.16. The predicted molar refractivity (Wildman–Crippen MR) is 70.3 cm³/mol. The average Bonchev–Trinajstić information content (AvgIpc) is 2.37. The van der Waals surface area contributed by atoms with Crippen molar-refractivity contribution >= 4 is 17.4 Å². The lowest BCUT2D eigenvalue weighted by atomic mass is 10.1. The summed E-state index contributed by atoms with van der Waals surface area (Å²) in [6.07, 6.45) is 1.74. The highest BCUT2D eigenvalue weighted by atomic mass is 35.5. The van der Waals surface area contributed by atoms with Crippen LogP contribution in [0.3, 0.4) is 0 Å². The summed E-state index contributed by atoms with van der Waals surface area (Å²) in [4.78, 5) is 8.37. The summed E-state index contributed by atoms with van der Waals surface area (Å²) < 4.78 is 0. The van der Waals surface area contributed by atoms with E-state index in [-0.39, 0.29) is 6.04 Å². The van der Waals surface area contributed by atoms with Crippen LogP contribution in [-0.2, 0) is 0 Å². The number of halogens is 1. The quantitative estimate of drug-likeness (QED) is 0.844. The Kier molecular flexibility index (Phi) is 3.94. The Hall–Kier alpha value is -1.61. The molecule has 1 aromatic carbocycles. The first kappa shape index (κ1) is 11.9. The largest absolute Gasteiger partial charge is 0.362 e. The molecule has 17 heavy (non-hydrogen) atoms. The van der Waals surface area contributed by atoms with Crippen molar-refractivity contribution in [3.05, 3.63) is 54.0 Å². The number of aromatic nitrogens is 2. The Labute approximate surface area is 106 Å². The van der Waals surface area contributed by atoms with E-state index in [1.165, 1.54) is 0 Å². The number of rotatable bonds is 4. The predicted octanol–water partition coefficient (Wildman–Crippen LogP) is 3.18. The third-order valence-corrected chi connectivity index (χ3v) is 2.76. The molecule has 0 saturated carbocycles. The standard InChI is InChI=1S/C13H14ClN3/c1-10-15-8-7-13(16-10)17-12(9-14)11-5-3-2-4-6-11/h2-8,12H,9H2,1H3,(H,15,16,17). The summed E-state index contributed by atoms with van der Waals surface area (Å²) in [5.74, 6) is 2.04. The van der Waals surface area contributed by atoms with Gasteiger partial charge in [-0.05, 0) is 18.6 Å². The normalized spacial score (nSPS) is 12.1. The average molecular weight is 248 g/mol. The van der Waals surface area contributed by atoms with Gasteiger partial charge in [0.15, 0.2) is 0 Å². The summed E-state index contributed by atoms with van der Waals surface area (Å²) in [6.45, 7) is 1.86. The summed E-state index contributed by atoms with van der Waals surface area (Å²) in [5, 5.41) is 3.30. The van der Waals surface area contributed by atoms with Gasteiger partial charge in [0.05, 0.1) is 6.04 Å². The fraction of sp³-hybridized carbons (Fsp3) is 0.231. The molecule has 3 nitrogen and oxygen atoms in total. The smallest absolute Gasteiger partial charge is 0.130 e. The second kappa shape index (κ2) is 5.64. The fourth-order valence-corrected chi connectivity index (χ4v) is 1.87. The SMILES string of the molecule is Cc1nccc(NC(CCl)c2ccccc2)n1. The van der Waals surface area contributed by atoms with Gasteiger partial charge in [0.1, 0.15) is 11.6 Å². The molecule has 0 aliphatic rings. The van der Waals surface area contributed by atoms with Crippen molar-refractivity contribution < 1.29 is 0 Å². The molecule has 1 unspecified atom stereocenters. The van der Waals surface area contributed by atoms with Gasteiger partial charge in [-0.25, -0.2) is 9.97 Å². The molecule has 88 valence electrons. The van der Waals surface area contributed by atoms with Crippen molar-refractivity contribution in [2.45, 2.75) is 13.0 Å². The van der Waals surface area contributed by atoms with E-state index in [1.54, 1.807) is 6.20 Å². The molecular formula is C13H14ClN3. The van der Waals surface area contributed by atoms with Crippen molar-refractivity contribution in [3.8, 4) is 0 Å². The topological polar surface area (TPSA) is 37.8 Å². The van der Waals surface area contributed by atoms with Crippen LogP contribution < -0.4 is 5.32 Å². The van der Waals surface area contributed by atoms with Crippen LogP contribution in [0.2, 0.25) is 0 Å². The van der Waals surface area contributed by atoms with E-state index in [0.29, 0.717) is 5.88 Å². The summed E-state index contributed by atoms with van der Waals surface area (Å²) in [7, 11) is 0. The third-order valence-electron chi connectivity index (χ3n) is 2.45. The number of hydrogen-bond donors (Lipinski definition) is 1. The number of hydrogen-bond acceptors (Lipinski definition) is 3. The van der Waals surface area contributed by atoms with Crippen LogP contribution in [0.25, 0.3) is 0 Å². The molecule has 0 amide bonds. The molecule has 0 fully saturated rings. The van der Waals surface area contributed by atoms with Crippen molar-refractivity contribution in [2.75, 3.05) is 11.2 Å². The highest BCUT2D eigenvalue weighted by Gasteiger charge is 2.10. The van der Waals surface area contributed by atoms with Gasteiger partial charge in [0.25, 0.3) is 0 Å². The Morgan fingerprint density at radius 2 is 2.00 bits per heavy atom. The molecule has 0 saturated heterocycles. The molecule has 2 rings (SSSR count). The molecule has 2 aromatic rings. The number of anilines is 1. The molecule has 1 atom stereocenters. The molecular weight excluding hydrogens is 234 g/mol. The number of nitrogens with zero attached hydrogens (tertiary/aromatic N) is 2. The minimum absolute atomic E-state index is 0.0622. The first-order chi connectivity index (χ1) is 8.29. The molecule has 1 heterocycles. The number of nitrogens with one attached hydrogen (secondary N) is 1. The van der Waals surface area contributed by atoms with Gasteiger partial charge in [-0.1, -0.05) is 30.3 Å². The number of benzene rings is 1. The van der Waals surface area contributed by atoms with E-state index in [0.717, 1.165) is 17.2 Å². The maximum Gasteiger partial charge on any atom is 0.130 e. The second-order valence-corrected chi connectivity index (χ2v) is 4.06. The van der Waals surface area contributed by atoms with Gasteiger partial charge in [-0.2, -0.15) is 0 Å². The van der Waals surface area contributed by atoms with Crippen LogP contribution in [0.4, 0.5) is 5.82 Å². The lowest BCUT2D eigenvalue weighted by molar-refractivity contribution is 0.874. The Bertz CT molecular complexity index is 473. The monoisotopic (exact) mass is 247 g/mol. The van der Waals surface area contributed by atoms with E-state index >= 15 is 0 Å². The van der Waals surface area contributed by atoms with Gasteiger partial charge in [0.2, 0.25) is 0 Å². The van der Waals surface area contributed by atoms with E-state index in [2.05, 4.69) is 15.3 Å². The van der Waals surface area contributed by atoms with Crippen molar-refractivity contribution in [2.24, 2.45) is 0 Å². The van der Waals surface area contributed by atoms with Crippen LogP contribution in [0.15, 0.2) is 42.6 Å². The van der Waals surface area contributed by atoms with E-state index in [1.807, 2.05) is 43.3 Å². The van der Waals surface area contributed by atoms with Gasteiger partial charge < -0.3 is 5.32 Å². The first-order valence-corrected chi connectivity index (χ1v) is 6.00. The molecule has 0 aliphatic heterocycles. The van der Waals surface area contributed by atoms with Crippen LogP contribution in [-0.4, -0.2) is 15.8 Å². The second-order valence-electron chi connectivity index (χ2n) is 3.75. The van der Waals surface area contributed by atoms with Crippen molar-refractivity contribution in [3.63, 3.8) is 0 Å². The minimum atomic E-state index is 0.0622. The minimum Gasteiger partial charge on any atom is -0.362 e. The Morgan fingerprint density at radius 3 is 2.65 bits per heavy atom. The van der Waals surface area contributed by atoms with Crippen LogP contribution in [0.5, 0.6) is 0 Å². The molecule has 1 N–H and O–H groups in total. The van der Waals surface area contributed by atoms with Gasteiger partial charge in [-0.15, -0.1) is 11.6 Å². The van der Waals surface area contributed by atoms with Crippen LogP contribution in [0.1, 0.15) is 17.4 Å². The maximum absolute atomic E-state index is 5.99. The highest BCUT2D eigenvalue weighted by Crippen LogP contribution is 2.19. The zero-order chi connectivity index (χ0) is 12.1. The maximum atomic E-state index is 5.99. The molecule has 1 aromatic heterocycles. The molecule has 0 spiro atoms. The van der Waals surface area contributed by atoms with Crippen molar-refractivity contribution in [1.29, 1.82) is 0 Å². The summed E-state index contributed by atoms with van der Waals surface area (Å²) in [5.41, 5.74) is 1.15. The lowest BCUT2D eigenvalue weighted by Crippen LogP contribution is -2.13. The molecule has 0 bridgehead atoms. The summed E-state index contributed by atoms with van der Waals surface area (Å²) >= 11 is 5.99. The number of alkyl halides is 1. The van der Waals surface area contributed by atoms with Gasteiger partial charge in [0, 0.05) is 12.1 Å². The van der Waals surface area contributed by atoms with Gasteiger partial charge in [-0.3, -0.25) is 0 Å². The van der Waals surface area contributed by atoms with Crippen LogP contribution >= 0.6 is 11.6 Å². The molecule has 0 aliphatic carbocycles. The number of aryl methyl sites for hydroxylation is 1. The molecule has 4 heteroatoms. The summed E-state index contributed by atoms with van der Waals surface area (Å²) in [6, 6.07) is 12.0. The molecule has 0 radical (unpaired) electrons. The fourth-order valence-electron chi connectivity index (χ4n) is 1.61. The van der Waals surface area contributed by atoms with Crippen LogP contribution in [0, 0.1) is 6.92 Å². The lowest BCUT2D eigenvalue weighted by Gasteiger charge is -2.17. The van der Waals surface area contributed by atoms with E-state index in [9.17, 15) is 0 Å². The van der Waals surface area contributed by atoms with E-state index < -0.39 is 0 Å². The Morgan fingerprint density at radius 1 is 1.24 bits per heavy atom. The van der Waals surface area contributed by atoms with Gasteiger partial charge >= 0.3 is 0 Å². The highest BCUT2D eigenvalue weighted by molar-refractivity contribution is 6.18. The zero-order valence-electron chi connectivity index (χ0n) is 9.60. The van der Waals surface area contributed by atoms with E-state index in [4.69, 9.17) is 11.6 Å². The van der Waals surface area contributed by atoms with Crippen molar-refractivity contribution in [1.82, 2.24) is 9.97 Å².